The fourth-order valence-corrected chi connectivity index (χ4v) is 2.14. The lowest BCUT2D eigenvalue weighted by molar-refractivity contribution is -0.140. The third-order valence-corrected chi connectivity index (χ3v) is 3.39. The van der Waals surface area contributed by atoms with E-state index >= 15 is 0 Å². The number of rotatable bonds is 4. The summed E-state index contributed by atoms with van der Waals surface area (Å²) in [5.74, 6) is -2.00. The van der Waals surface area contributed by atoms with Crippen LogP contribution in [0.2, 0.25) is 5.02 Å². The molecule has 0 bridgehead atoms. The van der Waals surface area contributed by atoms with Crippen LogP contribution in [0.5, 0.6) is 0 Å². The predicted molar refractivity (Wildman–Crippen MR) is 67.2 cm³/mol. The number of hydrogen-bond donors (Lipinski definition) is 2. The van der Waals surface area contributed by atoms with Gasteiger partial charge in [-0.05, 0) is 31.0 Å². The Morgan fingerprint density at radius 1 is 1.44 bits per heavy atom. The van der Waals surface area contributed by atoms with E-state index in [1.807, 2.05) is 19.1 Å². The fraction of sp³-hybridized carbons (Fsp3) is 0.385. The third kappa shape index (κ3) is 2.82. The molecule has 0 saturated heterocycles. The van der Waals surface area contributed by atoms with E-state index < -0.39 is 11.9 Å². The van der Waals surface area contributed by atoms with E-state index in [1.165, 1.54) is 0 Å². The van der Waals surface area contributed by atoms with Gasteiger partial charge in [0, 0.05) is 5.02 Å². The Morgan fingerprint density at radius 2 is 2.17 bits per heavy atom. The van der Waals surface area contributed by atoms with E-state index in [-0.39, 0.29) is 17.9 Å². The van der Waals surface area contributed by atoms with Crippen molar-refractivity contribution in [3.63, 3.8) is 0 Å². The minimum Gasteiger partial charge on any atom is -0.481 e. The lowest BCUT2D eigenvalue weighted by Crippen LogP contribution is -2.29. The minimum absolute atomic E-state index is 0.175. The van der Waals surface area contributed by atoms with Gasteiger partial charge in [-0.25, -0.2) is 0 Å². The van der Waals surface area contributed by atoms with Crippen LogP contribution in [0.1, 0.15) is 24.9 Å². The molecule has 1 aliphatic rings. The highest BCUT2D eigenvalue weighted by molar-refractivity contribution is 6.30. The van der Waals surface area contributed by atoms with Crippen LogP contribution >= 0.6 is 11.6 Å². The normalized spacial score (nSPS) is 23.2. The number of amides is 1. The summed E-state index contributed by atoms with van der Waals surface area (Å²) in [5, 5.41) is 12.2. The van der Waals surface area contributed by atoms with Gasteiger partial charge in [0.2, 0.25) is 5.91 Å². The molecule has 0 heterocycles. The Morgan fingerprint density at radius 3 is 2.72 bits per heavy atom. The summed E-state index contributed by atoms with van der Waals surface area (Å²) in [6.07, 6.45) is 0.434. The van der Waals surface area contributed by atoms with Gasteiger partial charge in [-0.2, -0.15) is 0 Å². The second kappa shape index (κ2) is 4.98. The number of carboxylic acids is 1. The predicted octanol–water partition coefficient (Wildman–Crippen LogP) is 2.24. The maximum atomic E-state index is 11.8. The smallest absolute Gasteiger partial charge is 0.307 e. The Labute approximate surface area is 110 Å². The van der Waals surface area contributed by atoms with Crippen molar-refractivity contribution in [3.05, 3.63) is 34.9 Å². The summed E-state index contributed by atoms with van der Waals surface area (Å²) in [5.41, 5.74) is 0.906. The largest absolute Gasteiger partial charge is 0.481 e. The standard InChI is InChI=1S/C13H14ClNO3/c1-7(8-3-2-4-9(14)5-8)15-12(16)10-6-11(10)13(17)18/h2-5,7,10-11H,6H2,1H3,(H,15,16)(H,17,18)/t7?,10-,11+/m1/s1. The molecule has 0 radical (unpaired) electrons. The first-order valence-corrected chi connectivity index (χ1v) is 6.15. The van der Waals surface area contributed by atoms with Crippen LogP contribution in [0, 0.1) is 11.8 Å². The van der Waals surface area contributed by atoms with Crippen molar-refractivity contribution in [1.82, 2.24) is 5.32 Å². The van der Waals surface area contributed by atoms with Gasteiger partial charge < -0.3 is 10.4 Å². The van der Waals surface area contributed by atoms with Crippen LogP contribution in [0.3, 0.4) is 0 Å². The third-order valence-electron chi connectivity index (χ3n) is 3.15. The van der Waals surface area contributed by atoms with E-state index in [9.17, 15) is 9.59 Å². The zero-order valence-corrected chi connectivity index (χ0v) is 10.6. The van der Waals surface area contributed by atoms with Crippen LogP contribution in [0.15, 0.2) is 24.3 Å². The van der Waals surface area contributed by atoms with Crippen molar-refractivity contribution in [2.75, 3.05) is 0 Å². The number of aliphatic carboxylic acids is 1. The molecule has 4 nitrogen and oxygen atoms in total. The fourth-order valence-electron chi connectivity index (χ4n) is 1.94. The number of carbonyl (C=O) groups is 2. The topological polar surface area (TPSA) is 66.4 Å². The molecule has 1 saturated carbocycles. The van der Waals surface area contributed by atoms with Crippen molar-refractivity contribution in [2.45, 2.75) is 19.4 Å². The van der Waals surface area contributed by atoms with E-state index in [1.54, 1.807) is 12.1 Å². The molecule has 0 spiro atoms. The summed E-state index contributed by atoms with van der Waals surface area (Å²) in [7, 11) is 0. The molecule has 1 aromatic rings. The van der Waals surface area contributed by atoms with Crippen LogP contribution in [0.25, 0.3) is 0 Å². The monoisotopic (exact) mass is 267 g/mol. The lowest BCUT2D eigenvalue weighted by atomic mass is 10.1. The second-order valence-corrected chi connectivity index (χ2v) is 5.01. The van der Waals surface area contributed by atoms with Gasteiger partial charge in [-0.1, -0.05) is 23.7 Å². The molecular weight excluding hydrogens is 254 g/mol. The Balaban J connectivity index is 1.94. The molecule has 18 heavy (non-hydrogen) atoms. The van der Waals surface area contributed by atoms with Crippen molar-refractivity contribution >= 4 is 23.5 Å². The highest BCUT2D eigenvalue weighted by Gasteiger charge is 2.48. The zero-order chi connectivity index (χ0) is 13.3. The van der Waals surface area contributed by atoms with Gasteiger partial charge >= 0.3 is 5.97 Å². The number of hydrogen-bond acceptors (Lipinski definition) is 2. The average molecular weight is 268 g/mol. The summed E-state index contributed by atoms with van der Waals surface area (Å²) in [6, 6.07) is 7.07. The summed E-state index contributed by atoms with van der Waals surface area (Å²) < 4.78 is 0. The Hall–Kier alpha value is -1.55. The van der Waals surface area contributed by atoms with Gasteiger partial charge in [0.15, 0.2) is 0 Å². The van der Waals surface area contributed by atoms with E-state index in [2.05, 4.69) is 5.32 Å². The van der Waals surface area contributed by atoms with Crippen LogP contribution in [0.4, 0.5) is 0 Å². The van der Waals surface area contributed by atoms with Gasteiger partial charge in [0.25, 0.3) is 0 Å². The molecule has 2 N–H and O–H groups in total. The summed E-state index contributed by atoms with van der Waals surface area (Å²) in [4.78, 5) is 22.5. The second-order valence-electron chi connectivity index (χ2n) is 4.57. The van der Waals surface area contributed by atoms with Gasteiger partial charge in [0.1, 0.15) is 0 Å². The molecule has 0 aromatic heterocycles. The van der Waals surface area contributed by atoms with Gasteiger partial charge in [-0.3, -0.25) is 9.59 Å². The number of nitrogens with one attached hydrogen (secondary N) is 1. The Bertz CT molecular complexity index is 489. The van der Waals surface area contributed by atoms with Crippen molar-refractivity contribution in [1.29, 1.82) is 0 Å². The van der Waals surface area contributed by atoms with E-state index in [0.717, 1.165) is 5.56 Å². The quantitative estimate of drug-likeness (QED) is 0.879. The first kappa shape index (κ1) is 12.9. The molecule has 3 atom stereocenters. The van der Waals surface area contributed by atoms with E-state index in [4.69, 9.17) is 16.7 Å². The minimum atomic E-state index is -0.898. The zero-order valence-electron chi connectivity index (χ0n) is 9.89. The first-order valence-electron chi connectivity index (χ1n) is 5.77. The average Bonchev–Trinajstić information content (AvgIpc) is 3.08. The Kier molecular flexibility index (Phi) is 3.57. The first-order chi connectivity index (χ1) is 8.49. The SMILES string of the molecule is CC(NC(=O)[C@@H]1C[C@@H]1C(=O)O)c1cccc(Cl)c1. The van der Waals surface area contributed by atoms with Gasteiger partial charge in [-0.15, -0.1) is 0 Å². The molecule has 1 aromatic carbocycles. The van der Waals surface area contributed by atoms with E-state index in [0.29, 0.717) is 11.4 Å². The molecule has 2 rings (SSSR count). The molecule has 1 unspecified atom stereocenters. The van der Waals surface area contributed by atoms with Crippen LogP contribution in [-0.2, 0) is 9.59 Å². The van der Waals surface area contributed by atoms with Crippen molar-refractivity contribution in [3.8, 4) is 0 Å². The molecular formula is C13H14ClNO3. The number of carboxylic acid groups (broad SMARTS) is 1. The molecule has 96 valence electrons. The number of benzene rings is 1. The van der Waals surface area contributed by atoms with Crippen LogP contribution in [-0.4, -0.2) is 17.0 Å². The summed E-state index contributed by atoms with van der Waals surface area (Å²) in [6.45, 7) is 1.85. The highest BCUT2D eigenvalue weighted by Crippen LogP contribution is 2.39. The molecule has 1 aliphatic carbocycles. The van der Waals surface area contributed by atoms with Gasteiger partial charge in [0.05, 0.1) is 17.9 Å². The molecule has 1 fully saturated rings. The van der Waals surface area contributed by atoms with Crippen LogP contribution < -0.4 is 5.32 Å². The maximum Gasteiger partial charge on any atom is 0.307 e. The molecule has 0 aliphatic heterocycles. The lowest BCUT2D eigenvalue weighted by Gasteiger charge is -2.14. The summed E-state index contributed by atoms with van der Waals surface area (Å²) >= 11 is 5.87. The highest BCUT2D eigenvalue weighted by atomic mass is 35.5. The van der Waals surface area contributed by atoms with Crippen molar-refractivity contribution in [2.24, 2.45) is 11.8 Å². The number of carbonyl (C=O) groups excluding carboxylic acids is 1. The maximum absolute atomic E-state index is 11.8. The number of halogens is 1. The van der Waals surface area contributed by atoms with Crippen molar-refractivity contribution < 1.29 is 14.7 Å². The molecule has 1 amide bonds. The molecule has 5 heteroatoms.